The van der Waals surface area contributed by atoms with Gasteiger partial charge in [-0.1, -0.05) is 54.0 Å². The molecule has 0 heterocycles. The molecule has 214 valence electrons. The molecule has 38 heavy (non-hydrogen) atoms. The van der Waals surface area contributed by atoms with Crippen molar-refractivity contribution >= 4 is 11.8 Å². The Hall–Kier alpha value is -1.20. The molecule has 0 saturated heterocycles. The van der Waals surface area contributed by atoms with Crippen LogP contribution < -0.4 is 5.73 Å². The topological polar surface area (TPSA) is 89.6 Å². The molecular weight excluding hydrogens is 474 g/mol. The fraction of sp³-hybridized carbons (Fsp3) is 0.879. The number of ether oxygens (including phenoxy) is 1. The highest BCUT2D eigenvalue weighted by Gasteiger charge is 2.70. The summed E-state index contributed by atoms with van der Waals surface area (Å²) in [5.41, 5.74) is 8.34. The Morgan fingerprint density at radius 1 is 0.974 bits per heavy atom. The van der Waals surface area contributed by atoms with Gasteiger partial charge in [-0.05, 0) is 96.9 Å². The van der Waals surface area contributed by atoms with E-state index in [9.17, 15) is 14.7 Å². The molecule has 0 bridgehead atoms. The normalized spacial score (nSPS) is 46.7. The molecule has 0 aliphatic heterocycles. The smallest absolute Gasteiger partial charge is 0.302 e. The molecule has 3 N–H and O–H groups in total. The minimum absolute atomic E-state index is 0.00865. The van der Waals surface area contributed by atoms with Crippen molar-refractivity contribution in [3.8, 4) is 0 Å². The van der Waals surface area contributed by atoms with E-state index in [1.807, 2.05) is 0 Å². The molecule has 0 spiro atoms. The average molecular weight is 528 g/mol. The minimum Gasteiger partial charge on any atom is -0.462 e. The van der Waals surface area contributed by atoms with E-state index < -0.39 is 11.5 Å². The molecule has 0 aromatic rings. The number of fused-ring (bicyclic) bond motifs is 7. The zero-order valence-electron chi connectivity index (χ0n) is 25.3. The van der Waals surface area contributed by atoms with Gasteiger partial charge in [0.2, 0.25) is 0 Å². The number of Topliss-reactive ketones (excluding diaryl/α,β-unsaturated/α-hetero) is 1. The molecule has 4 saturated carbocycles. The van der Waals surface area contributed by atoms with Crippen molar-refractivity contribution in [3.05, 3.63) is 11.1 Å². The van der Waals surface area contributed by atoms with Gasteiger partial charge in [0.1, 0.15) is 6.10 Å². The summed E-state index contributed by atoms with van der Waals surface area (Å²) < 4.78 is 5.89. The molecule has 0 aromatic carbocycles. The van der Waals surface area contributed by atoms with Crippen LogP contribution in [0.4, 0.5) is 0 Å². The number of aliphatic hydroxyl groups excluding tert-OH is 1. The van der Waals surface area contributed by atoms with E-state index in [0.717, 1.165) is 50.5 Å². The molecule has 0 aromatic heterocycles. The van der Waals surface area contributed by atoms with Crippen LogP contribution in [-0.2, 0) is 14.3 Å². The first-order valence-corrected chi connectivity index (χ1v) is 15.4. The Morgan fingerprint density at radius 3 is 2.26 bits per heavy atom. The summed E-state index contributed by atoms with van der Waals surface area (Å²) in [7, 11) is 0. The molecule has 5 aliphatic rings. The molecule has 5 heteroatoms. The van der Waals surface area contributed by atoms with Gasteiger partial charge < -0.3 is 15.6 Å². The number of hydrogen-bond donors (Lipinski definition) is 2. The summed E-state index contributed by atoms with van der Waals surface area (Å²) in [5.74, 6) is 1.70. The second kappa shape index (κ2) is 8.90. The third-order valence-corrected chi connectivity index (χ3v) is 13.6. The number of allylic oxidation sites excluding steroid dienone is 1. The van der Waals surface area contributed by atoms with Crippen LogP contribution in [0.5, 0.6) is 0 Å². The van der Waals surface area contributed by atoms with Crippen molar-refractivity contribution in [2.45, 2.75) is 125 Å². The summed E-state index contributed by atoms with van der Waals surface area (Å²) in [5, 5.41) is 11.3. The lowest BCUT2D eigenvalue weighted by Crippen LogP contribution is -2.66. The summed E-state index contributed by atoms with van der Waals surface area (Å²) >= 11 is 0. The summed E-state index contributed by atoms with van der Waals surface area (Å²) in [6.07, 6.45) is 8.30. The van der Waals surface area contributed by atoms with Crippen LogP contribution in [-0.4, -0.2) is 35.6 Å². The predicted octanol–water partition coefficient (Wildman–Crippen LogP) is 6.22. The second-order valence-corrected chi connectivity index (χ2v) is 15.6. The Balaban J connectivity index is 1.57. The summed E-state index contributed by atoms with van der Waals surface area (Å²) in [6.45, 7) is 18.4. The fourth-order valence-electron chi connectivity index (χ4n) is 11.7. The average Bonchev–Trinajstić information content (AvgIpc) is 3.14. The van der Waals surface area contributed by atoms with E-state index >= 15 is 0 Å². The lowest BCUT2D eigenvalue weighted by atomic mass is 9.33. The van der Waals surface area contributed by atoms with Gasteiger partial charge in [0.15, 0.2) is 5.78 Å². The van der Waals surface area contributed by atoms with E-state index in [4.69, 9.17) is 10.5 Å². The third kappa shape index (κ3) is 3.49. The standard InChI is InChI=1S/C33H53NO4/c1-19(2)27-22(36)17-33(25(37)18-34)16-15-31(7)21(28(27)33)9-10-24-30(6)13-12-26(38-20(3)35)29(4,5)23(30)11-14-32(24,31)8/h19,21,23-26,37H,9-18,34H2,1-8H3. The highest BCUT2D eigenvalue weighted by Crippen LogP contribution is 2.77. The molecule has 4 fully saturated rings. The van der Waals surface area contributed by atoms with Gasteiger partial charge in [-0.15, -0.1) is 0 Å². The number of nitrogens with two attached hydrogens (primary N) is 1. The molecule has 9 unspecified atom stereocenters. The first-order chi connectivity index (χ1) is 17.6. The maximum Gasteiger partial charge on any atom is 0.302 e. The van der Waals surface area contributed by atoms with Crippen molar-refractivity contribution in [1.29, 1.82) is 0 Å². The zero-order valence-corrected chi connectivity index (χ0v) is 25.3. The van der Waals surface area contributed by atoms with Crippen molar-refractivity contribution in [2.24, 2.45) is 56.5 Å². The highest BCUT2D eigenvalue weighted by molar-refractivity contribution is 6.00. The SMILES string of the molecule is CC(=O)OC1CCC2(C)C(CCC3(C)C2CCC2C4=C(C(C)C)C(=O)CC4(C(O)CN)CCC23C)C1(C)C. The van der Waals surface area contributed by atoms with Crippen LogP contribution in [0, 0.1) is 50.7 Å². The number of carbonyl (C=O) groups excluding carboxylic acids is 2. The Bertz CT molecular complexity index is 1050. The van der Waals surface area contributed by atoms with Crippen LogP contribution in [0.3, 0.4) is 0 Å². The van der Waals surface area contributed by atoms with E-state index in [0.29, 0.717) is 24.2 Å². The van der Waals surface area contributed by atoms with Gasteiger partial charge in [0, 0.05) is 30.7 Å². The molecule has 5 aliphatic carbocycles. The first-order valence-electron chi connectivity index (χ1n) is 15.4. The predicted molar refractivity (Wildman–Crippen MR) is 150 cm³/mol. The minimum atomic E-state index is -0.654. The largest absolute Gasteiger partial charge is 0.462 e. The Labute approximate surface area is 230 Å². The van der Waals surface area contributed by atoms with Gasteiger partial charge in [0.25, 0.3) is 0 Å². The monoisotopic (exact) mass is 527 g/mol. The van der Waals surface area contributed by atoms with Crippen molar-refractivity contribution < 1.29 is 19.4 Å². The number of carbonyl (C=O) groups is 2. The summed E-state index contributed by atoms with van der Waals surface area (Å²) in [4.78, 5) is 25.4. The Kier molecular flexibility index (Phi) is 6.63. The molecule has 5 rings (SSSR count). The van der Waals surface area contributed by atoms with Gasteiger partial charge >= 0.3 is 5.97 Å². The van der Waals surface area contributed by atoms with Crippen LogP contribution in [0.25, 0.3) is 0 Å². The van der Waals surface area contributed by atoms with Gasteiger partial charge in [-0.25, -0.2) is 0 Å². The van der Waals surface area contributed by atoms with Crippen LogP contribution in [0.1, 0.15) is 113 Å². The maximum atomic E-state index is 13.5. The number of esters is 1. The second-order valence-electron chi connectivity index (χ2n) is 15.6. The summed E-state index contributed by atoms with van der Waals surface area (Å²) in [6, 6.07) is 0. The van der Waals surface area contributed by atoms with Crippen LogP contribution in [0.2, 0.25) is 0 Å². The van der Waals surface area contributed by atoms with E-state index in [-0.39, 0.29) is 52.0 Å². The molecule has 9 atom stereocenters. The molecular formula is C33H53NO4. The highest BCUT2D eigenvalue weighted by atomic mass is 16.5. The van der Waals surface area contributed by atoms with Crippen molar-refractivity contribution in [1.82, 2.24) is 0 Å². The van der Waals surface area contributed by atoms with Crippen molar-refractivity contribution in [2.75, 3.05) is 6.54 Å². The van der Waals surface area contributed by atoms with Crippen LogP contribution >= 0.6 is 0 Å². The quantitative estimate of drug-likeness (QED) is 0.424. The number of aliphatic hydroxyl groups is 1. The lowest BCUT2D eigenvalue weighted by molar-refractivity contribution is -0.234. The molecule has 0 radical (unpaired) electrons. The Morgan fingerprint density at radius 2 is 1.66 bits per heavy atom. The van der Waals surface area contributed by atoms with Crippen molar-refractivity contribution in [3.63, 3.8) is 0 Å². The third-order valence-electron chi connectivity index (χ3n) is 13.6. The van der Waals surface area contributed by atoms with E-state index in [2.05, 4.69) is 48.5 Å². The van der Waals surface area contributed by atoms with E-state index in [1.165, 1.54) is 12.0 Å². The fourth-order valence-corrected chi connectivity index (χ4v) is 11.7. The van der Waals surface area contributed by atoms with Gasteiger partial charge in [-0.2, -0.15) is 0 Å². The molecule has 0 amide bonds. The number of ketones is 1. The first kappa shape index (κ1) is 28.3. The molecule has 5 nitrogen and oxygen atoms in total. The maximum absolute atomic E-state index is 13.5. The zero-order chi connectivity index (χ0) is 28.1. The van der Waals surface area contributed by atoms with Gasteiger partial charge in [0.05, 0.1) is 6.10 Å². The van der Waals surface area contributed by atoms with Crippen LogP contribution in [0.15, 0.2) is 11.1 Å². The van der Waals surface area contributed by atoms with Gasteiger partial charge in [-0.3, -0.25) is 9.59 Å². The number of rotatable bonds is 4. The van der Waals surface area contributed by atoms with E-state index in [1.54, 1.807) is 6.92 Å². The number of hydrogen-bond acceptors (Lipinski definition) is 5. The lowest BCUT2D eigenvalue weighted by Gasteiger charge is -2.72.